The molecule has 308 valence electrons. The number of hydrogen-bond donors (Lipinski definition) is 0. The number of hydrogen-bond acceptors (Lipinski definition) is 2. The summed E-state index contributed by atoms with van der Waals surface area (Å²) in [5.74, 6) is 2.12. The fourth-order valence-corrected chi connectivity index (χ4v) is 9.73. The van der Waals surface area contributed by atoms with E-state index in [1.807, 2.05) is 12.3 Å². The molecule has 9 aromatic rings. The molecule has 1 unspecified atom stereocenters. The van der Waals surface area contributed by atoms with Crippen LogP contribution < -0.4 is 13.9 Å². The van der Waals surface area contributed by atoms with Gasteiger partial charge in [0.25, 0.3) is 0 Å². The van der Waals surface area contributed by atoms with Crippen LogP contribution in [0.2, 0.25) is 0 Å². The van der Waals surface area contributed by atoms with Crippen LogP contribution in [0.1, 0.15) is 48.6 Å². The Morgan fingerprint density at radius 3 is 2.03 bits per heavy atom. The van der Waals surface area contributed by atoms with Crippen molar-refractivity contribution in [2.75, 3.05) is 0 Å². The Morgan fingerprint density at radius 1 is 0.581 bits per heavy atom. The number of para-hydroxylation sites is 1. The summed E-state index contributed by atoms with van der Waals surface area (Å²) in [5, 5.41) is 2.24. The van der Waals surface area contributed by atoms with Crippen molar-refractivity contribution in [2.24, 2.45) is 0 Å². The first-order chi connectivity index (χ1) is 29.5. The maximum Gasteiger partial charge on any atom is 0.225 e. The fraction of sp³-hybridized carbons (Fsp3) is 0.143. The molecule has 0 amide bonds. The van der Waals surface area contributed by atoms with Crippen molar-refractivity contribution in [3.8, 4) is 39.6 Å². The van der Waals surface area contributed by atoms with Crippen molar-refractivity contribution in [2.45, 2.75) is 53.9 Å². The van der Waals surface area contributed by atoms with Gasteiger partial charge in [0.05, 0.1) is 5.69 Å². The van der Waals surface area contributed by atoms with Gasteiger partial charge in [-0.25, -0.2) is 9.58 Å². The normalized spacial score (nSPS) is 17.5. The molecule has 0 N–H and O–H groups in total. The molecule has 2 aromatic heterocycles. The van der Waals surface area contributed by atoms with Gasteiger partial charge in [0.15, 0.2) is 12.4 Å². The van der Waals surface area contributed by atoms with Crippen LogP contribution in [0, 0.1) is 46.5 Å². The van der Waals surface area contributed by atoms with E-state index in [0.29, 0.717) is 20.7 Å². The van der Waals surface area contributed by atoms with Gasteiger partial charge < -0.3 is 9.30 Å². The summed E-state index contributed by atoms with van der Waals surface area (Å²) in [6.07, 6.45) is 1.91. The Kier molecular flexibility index (Phi) is 9.35. The molecule has 2 aliphatic rings. The van der Waals surface area contributed by atoms with Crippen molar-refractivity contribution in [1.82, 2.24) is 18.7 Å². The molecule has 1 saturated heterocycles. The zero-order valence-electron chi connectivity index (χ0n) is 36.0. The first-order valence-corrected chi connectivity index (χ1v) is 21.1. The zero-order valence-corrected chi connectivity index (χ0v) is 38.3. The first-order valence-electron chi connectivity index (χ1n) is 21.1. The molecule has 2 atom stereocenters. The van der Waals surface area contributed by atoms with Crippen LogP contribution in [-0.4, -0.2) is 9.55 Å². The second kappa shape index (κ2) is 14.5. The third-order valence-electron chi connectivity index (χ3n) is 13.0. The first kappa shape index (κ1) is 40.0. The third kappa shape index (κ3) is 5.97. The van der Waals surface area contributed by atoms with E-state index in [1.54, 1.807) is 0 Å². The van der Waals surface area contributed by atoms with Gasteiger partial charge in [0, 0.05) is 68.5 Å². The number of quaternary nitrogens is 2. The summed E-state index contributed by atoms with van der Waals surface area (Å²) < 4.78 is 10.3. The van der Waals surface area contributed by atoms with E-state index in [1.165, 1.54) is 61.6 Å². The predicted octanol–water partition coefficient (Wildman–Crippen LogP) is 14.8. The summed E-state index contributed by atoms with van der Waals surface area (Å²) in [4.78, 5) is 4.90. The standard InChI is InChI=1S/C56H47N4O.Pt/c1-36-15-13-16-37(2)55(36)42-30-45(60-35-59(60,52-27-38(3)39(4)28-53(52)60)44-20-14-19-41(29-44)40-17-9-8-10-18-40)33-47(31-42)61-46-23-24-49-48-21-11-12-22-50(48)58(51(49)34-46)54-32-43(25-26-57-54)56(5,6)7;/h8-32,35H,1-7H3;/q-1;/t59-,60?;/m0./s1. The SMILES string of the molecule is Cc1cc2c(cc1C)[N@@+]1(c3cccc(-c4ccccc4)c3)[CH-][N+]21c1[c-]c(Oc2[c-]c3c(cc2)c2ccccc2n3-c2cc(C(C)(C)C)ccn2)cc(-c2c(C)cccc2C)c1.[Pt]. The Morgan fingerprint density at radius 2 is 1.27 bits per heavy atom. The van der Waals surface area contributed by atoms with Gasteiger partial charge in [-0.3, -0.25) is 0 Å². The zero-order chi connectivity index (χ0) is 41.8. The van der Waals surface area contributed by atoms with Gasteiger partial charge in [-0.2, -0.15) is 10.7 Å². The van der Waals surface area contributed by atoms with E-state index in [4.69, 9.17) is 9.72 Å². The largest absolute Gasteiger partial charge is 0.509 e. The summed E-state index contributed by atoms with van der Waals surface area (Å²) in [5.41, 5.74) is 17.7. The van der Waals surface area contributed by atoms with E-state index >= 15 is 0 Å². The maximum atomic E-state index is 6.99. The minimum absolute atomic E-state index is 0. The number of nitrogens with zero attached hydrogens (tertiary/aromatic N) is 4. The molecule has 6 heteroatoms. The van der Waals surface area contributed by atoms with Crippen LogP contribution in [0.3, 0.4) is 0 Å². The van der Waals surface area contributed by atoms with Gasteiger partial charge in [-0.1, -0.05) is 117 Å². The quantitative estimate of drug-likeness (QED) is 0.0904. The molecular weight excluding hydrogens is 940 g/mol. The van der Waals surface area contributed by atoms with Crippen LogP contribution in [-0.2, 0) is 26.5 Å². The molecule has 0 aliphatic carbocycles. The number of aromatic nitrogens is 2. The second-order valence-electron chi connectivity index (χ2n) is 17.9. The van der Waals surface area contributed by atoms with Crippen LogP contribution in [0.5, 0.6) is 11.5 Å². The molecule has 2 aliphatic heterocycles. The number of fused-ring (bicyclic) bond motifs is 7. The van der Waals surface area contributed by atoms with E-state index < -0.39 is 0 Å². The van der Waals surface area contributed by atoms with Gasteiger partial charge in [-0.05, 0) is 101 Å². The smallest absolute Gasteiger partial charge is 0.225 e. The van der Waals surface area contributed by atoms with Crippen LogP contribution in [0.25, 0.3) is 49.9 Å². The van der Waals surface area contributed by atoms with Gasteiger partial charge in [0.1, 0.15) is 5.82 Å². The molecule has 1 fully saturated rings. The molecule has 0 spiro atoms. The van der Waals surface area contributed by atoms with Crippen LogP contribution in [0.4, 0.5) is 22.7 Å². The van der Waals surface area contributed by atoms with Crippen molar-refractivity contribution in [1.29, 1.82) is 0 Å². The van der Waals surface area contributed by atoms with Gasteiger partial charge in [0.2, 0.25) is 11.4 Å². The van der Waals surface area contributed by atoms with Crippen LogP contribution >= 0.6 is 0 Å². The number of rotatable bonds is 7. The summed E-state index contributed by atoms with van der Waals surface area (Å²) in [6.45, 7) is 18.0. The third-order valence-corrected chi connectivity index (χ3v) is 13.0. The average Bonchev–Trinajstić information content (AvgIpc) is 3.77. The molecular formula is C56H47N4OPt-. The summed E-state index contributed by atoms with van der Waals surface area (Å²) in [7, 11) is 0. The number of aryl methyl sites for hydroxylation is 4. The van der Waals surface area contributed by atoms with Crippen molar-refractivity contribution >= 4 is 44.6 Å². The second-order valence-corrected chi connectivity index (χ2v) is 17.9. The number of pyridine rings is 1. The van der Waals surface area contributed by atoms with Gasteiger partial charge >= 0.3 is 0 Å². The maximum absolute atomic E-state index is 6.99. The monoisotopic (exact) mass is 986 g/mol. The molecule has 7 aromatic carbocycles. The summed E-state index contributed by atoms with van der Waals surface area (Å²) >= 11 is 0. The molecule has 4 heterocycles. The van der Waals surface area contributed by atoms with Crippen molar-refractivity contribution < 1.29 is 25.8 Å². The predicted molar refractivity (Wildman–Crippen MR) is 251 cm³/mol. The Balaban J connectivity index is 0.00000458. The van der Waals surface area contributed by atoms with Gasteiger partial charge in [-0.15, -0.1) is 29.1 Å². The number of benzene rings is 7. The molecule has 0 bridgehead atoms. The van der Waals surface area contributed by atoms with E-state index in [2.05, 4.69) is 211 Å². The molecule has 0 radical (unpaired) electrons. The van der Waals surface area contributed by atoms with E-state index in [0.717, 1.165) is 38.9 Å². The van der Waals surface area contributed by atoms with E-state index in [-0.39, 0.29) is 26.5 Å². The van der Waals surface area contributed by atoms with Crippen molar-refractivity contribution in [3.63, 3.8) is 0 Å². The minimum atomic E-state index is -0.0288. The van der Waals surface area contributed by atoms with E-state index in [9.17, 15) is 0 Å². The molecule has 5 nitrogen and oxygen atoms in total. The van der Waals surface area contributed by atoms with Crippen molar-refractivity contribution in [3.05, 3.63) is 198 Å². The average molecular weight is 987 g/mol. The Bertz CT molecular complexity index is 3230. The summed E-state index contributed by atoms with van der Waals surface area (Å²) in [6, 6.07) is 60.0. The molecule has 0 saturated carbocycles. The fourth-order valence-electron chi connectivity index (χ4n) is 9.73. The molecule has 11 rings (SSSR count). The molecule has 62 heavy (non-hydrogen) atoms. The van der Waals surface area contributed by atoms with Crippen LogP contribution in [0.15, 0.2) is 152 Å². The Labute approximate surface area is 378 Å². The minimum Gasteiger partial charge on any atom is -0.509 e. The Hall–Kier alpha value is -6.10. The number of ether oxygens (including phenoxy) is 1. The topological polar surface area (TPSA) is 27.1 Å².